The van der Waals surface area contributed by atoms with Crippen molar-refractivity contribution in [3.8, 4) is 11.8 Å². The highest BCUT2D eigenvalue weighted by Gasteiger charge is 2.17. The molecule has 1 N–H and O–H groups in total. The third kappa shape index (κ3) is 3.67. The molecule has 1 rings (SSSR count). The third-order valence-electron chi connectivity index (χ3n) is 3.05. The van der Waals surface area contributed by atoms with Gasteiger partial charge in [-0.25, -0.2) is 0 Å². The predicted octanol–water partition coefficient (Wildman–Crippen LogP) is 3.44. The minimum Gasteiger partial charge on any atom is -0.497 e. The standard InChI is InChI=1S/C14H20N2O/c1-4-11(5-2)14(10-15)16-12-7-6-8-13(9-12)17-3/h6-9,11,14,16H,4-5H2,1-3H3. The number of methoxy groups -OCH3 is 1. The minimum absolute atomic E-state index is 0.142. The summed E-state index contributed by atoms with van der Waals surface area (Å²) in [6.07, 6.45) is 2.01. The molecule has 0 aromatic heterocycles. The summed E-state index contributed by atoms with van der Waals surface area (Å²) in [5, 5.41) is 12.5. The highest BCUT2D eigenvalue weighted by molar-refractivity contribution is 5.49. The molecule has 1 aromatic rings. The number of rotatable bonds is 6. The topological polar surface area (TPSA) is 45.0 Å². The number of nitrogens with one attached hydrogen (secondary N) is 1. The first-order valence-corrected chi connectivity index (χ1v) is 6.05. The number of benzene rings is 1. The van der Waals surface area contributed by atoms with Gasteiger partial charge in [-0.1, -0.05) is 32.8 Å². The smallest absolute Gasteiger partial charge is 0.120 e. The molecule has 0 radical (unpaired) electrons. The predicted molar refractivity (Wildman–Crippen MR) is 70.1 cm³/mol. The molecule has 1 unspecified atom stereocenters. The van der Waals surface area contributed by atoms with Gasteiger partial charge < -0.3 is 10.1 Å². The van der Waals surface area contributed by atoms with Crippen LogP contribution in [0.2, 0.25) is 0 Å². The zero-order valence-electron chi connectivity index (χ0n) is 10.7. The van der Waals surface area contributed by atoms with Gasteiger partial charge in [-0.15, -0.1) is 0 Å². The Bertz CT molecular complexity index is 380. The quantitative estimate of drug-likeness (QED) is 0.817. The van der Waals surface area contributed by atoms with E-state index < -0.39 is 0 Å². The molecule has 0 saturated heterocycles. The van der Waals surface area contributed by atoms with Crippen LogP contribution >= 0.6 is 0 Å². The lowest BCUT2D eigenvalue weighted by atomic mass is 9.95. The molecule has 92 valence electrons. The molecule has 0 spiro atoms. The van der Waals surface area contributed by atoms with Crippen LogP contribution in [0.15, 0.2) is 24.3 Å². The first-order chi connectivity index (χ1) is 8.24. The van der Waals surface area contributed by atoms with Gasteiger partial charge in [0.1, 0.15) is 11.8 Å². The fraction of sp³-hybridized carbons (Fsp3) is 0.500. The molecule has 0 amide bonds. The van der Waals surface area contributed by atoms with Crippen LogP contribution in [-0.4, -0.2) is 13.2 Å². The Kier molecular flexibility index (Phi) is 5.35. The van der Waals surface area contributed by atoms with Crippen LogP contribution < -0.4 is 10.1 Å². The molecular weight excluding hydrogens is 212 g/mol. The second-order valence-electron chi connectivity index (χ2n) is 4.06. The van der Waals surface area contributed by atoms with E-state index in [0.29, 0.717) is 5.92 Å². The number of anilines is 1. The van der Waals surface area contributed by atoms with E-state index in [0.717, 1.165) is 24.3 Å². The van der Waals surface area contributed by atoms with Crippen LogP contribution in [-0.2, 0) is 0 Å². The van der Waals surface area contributed by atoms with Crippen LogP contribution in [0.5, 0.6) is 5.75 Å². The van der Waals surface area contributed by atoms with Gasteiger partial charge in [-0.05, 0) is 18.1 Å². The Hall–Kier alpha value is -1.69. The van der Waals surface area contributed by atoms with Crippen LogP contribution in [0.25, 0.3) is 0 Å². The summed E-state index contributed by atoms with van der Waals surface area (Å²) in [4.78, 5) is 0. The van der Waals surface area contributed by atoms with Gasteiger partial charge in [0.2, 0.25) is 0 Å². The van der Waals surface area contributed by atoms with Crippen LogP contribution in [0.3, 0.4) is 0 Å². The maximum absolute atomic E-state index is 9.20. The fourth-order valence-corrected chi connectivity index (χ4v) is 1.91. The molecule has 0 aliphatic heterocycles. The van der Waals surface area contributed by atoms with Crippen LogP contribution in [0, 0.1) is 17.2 Å². The number of nitrogens with zero attached hydrogens (tertiary/aromatic N) is 1. The Morgan fingerprint density at radius 3 is 2.59 bits per heavy atom. The van der Waals surface area contributed by atoms with E-state index in [1.807, 2.05) is 24.3 Å². The Labute approximate surface area is 103 Å². The number of hydrogen-bond donors (Lipinski definition) is 1. The molecule has 0 saturated carbocycles. The lowest BCUT2D eigenvalue weighted by Gasteiger charge is -2.21. The van der Waals surface area contributed by atoms with Crippen LogP contribution in [0.1, 0.15) is 26.7 Å². The second-order valence-corrected chi connectivity index (χ2v) is 4.06. The Morgan fingerprint density at radius 1 is 1.35 bits per heavy atom. The van der Waals surface area contributed by atoms with E-state index in [2.05, 4.69) is 25.2 Å². The van der Waals surface area contributed by atoms with Crippen molar-refractivity contribution >= 4 is 5.69 Å². The van der Waals surface area contributed by atoms with E-state index >= 15 is 0 Å². The van der Waals surface area contributed by atoms with Gasteiger partial charge >= 0.3 is 0 Å². The number of hydrogen-bond acceptors (Lipinski definition) is 3. The van der Waals surface area contributed by atoms with Crippen molar-refractivity contribution in [1.82, 2.24) is 0 Å². The minimum atomic E-state index is -0.142. The van der Waals surface area contributed by atoms with Gasteiger partial charge in [-0.3, -0.25) is 0 Å². The Balaban J connectivity index is 2.77. The number of nitriles is 1. The maximum atomic E-state index is 9.20. The summed E-state index contributed by atoms with van der Waals surface area (Å²) >= 11 is 0. The summed E-state index contributed by atoms with van der Waals surface area (Å²) in [6, 6.07) is 9.87. The zero-order chi connectivity index (χ0) is 12.7. The van der Waals surface area contributed by atoms with E-state index in [1.54, 1.807) is 7.11 Å². The van der Waals surface area contributed by atoms with Gasteiger partial charge in [0.25, 0.3) is 0 Å². The fourth-order valence-electron chi connectivity index (χ4n) is 1.91. The van der Waals surface area contributed by atoms with Crippen molar-refractivity contribution in [3.63, 3.8) is 0 Å². The lowest BCUT2D eigenvalue weighted by molar-refractivity contribution is 0.414. The summed E-state index contributed by atoms with van der Waals surface area (Å²) < 4.78 is 5.16. The normalized spacial score (nSPS) is 11.9. The molecular formula is C14H20N2O. The highest BCUT2D eigenvalue weighted by Crippen LogP contribution is 2.21. The largest absolute Gasteiger partial charge is 0.497 e. The first kappa shape index (κ1) is 13.4. The maximum Gasteiger partial charge on any atom is 0.120 e. The molecule has 0 bridgehead atoms. The second kappa shape index (κ2) is 6.80. The first-order valence-electron chi connectivity index (χ1n) is 6.05. The Morgan fingerprint density at radius 2 is 2.06 bits per heavy atom. The van der Waals surface area contributed by atoms with E-state index in [4.69, 9.17) is 4.74 Å². The van der Waals surface area contributed by atoms with Crippen LogP contribution in [0.4, 0.5) is 5.69 Å². The van der Waals surface area contributed by atoms with Crippen molar-refractivity contribution < 1.29 is 4.74 Å². The molecule has 1 aromatic carbocycles. The zero-order valence-corrected chi connectivity index (χ0v) is 10.7. The third-order valence-corrected chi connectivity index (χ3v) is 3.05. The molecule has 0 aliphatic carbocycles. The molecule has 0 fully saturated rings. The van der Waals surface area contributed by atoms with Gasteiger partial charge in [0.15, 0.2) is 0 Å². The summed E-state index contributed by atoms with van der Waals surface area (Å²) in [7, 11) is 1.64. The number of ether oxygens (including phenoxy) is 1. The monoisotopic (exact) mass is 232 g/mol. The van der Waals surface area contributed by atoms with Crippen molar-refractivity contribution in [2.24, 2.45) is 5.92 Å². The molecule has 0 heterocycles. The molecule has 3 heteroatoms. The average Bonchev–Trinajstić information content (AvgIpc) is 2.39. The van der Waals surface area contributed by atoms with Crippen molar-refractivity contribution in [3.05, 3.63) is 24.3 Å². The van der Waals surface area contributed by atoms with Crippen molar-refractivity contribution in [2.75, 3.05) is 12.4 Å². The van der Waals surface area contributed by atoms with E-state index in [-0.39, 0.29) is 6.04 Å². The average molecular weight is 232 g/mol. The van der Waals surface area contributed by atoms with Gasteiger partial charge in [0, 0.05) is 11.8 Å². The summed E-state index contributed by atoms with van der Waals surface area (Å²) in [5.41, 5.74) is 0.933. The SMILES string of the molecule is CCC(CC)C(C#N)Nc1cccc(OC)c1. The van der Waals surface area contributed by atoms with Gasteiger partial charge in [-0.2, -0.15) is 5.26 Å². The lowest BCUT2D eigenvalue weighted by Crippen LogP contribution is -2.26. The molecule has 3 nitrogen and oxygen atoms in total. The molecule has 1 atom stereocenters. The molecule has 17 heavy (non-hydrogen) atoms. The molecule has 0 aliphatic rings. The summed E-state index contributed by atoms with van der Waals surface area (Å²) in [6.45, 7) is 4.23. The van der Waals surface area contributed by atoms with Gasteiger partial charge in [0.05, 0.1) is 13.2 Å². The summed E-state index contributed by atoms with van der Waals surface area (Å²) in [5.74, 6) is 1.18. The van der Waals surface area contributed by atoms with E-state index in [9.17, 15) is 5.26 Å². The highest BCUT2D eigenvalue weighted by atomic mass is 16.5. The van der Waals surface area contributed by atoms with E-state index in [1.165, 1.54) is 0 Å². The van der Waals surface area contributed by atoms with Crippen molar-refractivity contribution in [1.29, 1.82) is 5.26 Å². The van der Waals surface area contributed by atoms with Crippen molar-refractivity contribution in [2.45, 2.75) is 32.7 Å².